The first-order valence-electron chi connectivity index (χ1n) is 3.14. The normalized spacial score (nSPS) is 12.0. The molecule has 1 aromatic rings. The van der Waals surface area contributed by atoms with Crippen LogP contribution in [0.1, 0.15) is 11.4 Å². The zero-order valence-electron chi connectivity index (χ0n) is 5.93. The Morgan fingerprint density at radius 3 is 2.50 bits per heavy atom. The van der Waals surface area contributed by atoms with Crippen molar-refractivity contribution in [1.82, 2.24) is 10.3 Å². The highest BCUT2D eigenvalue weighted by atomic mass is 19.4. The molecular weight excluding hydrogens is 175 g/mol. The molecule has 0 bridgehead atoms. The predicted octanol–water partition coefficient (Wildman–Crippen LogP) is 0.590. The number of aromatic nitrogens is 2. The van der Waals surface area contributed by atoms with E-state index in [-0.39, 0.29) is 18.7 Å². The molecule has 0 unspecified atom stereocenters. The van der Waals surface area contributed by atoms with Gasteiger partial charge in [-0.3, -0.25) is 0 Å². The van der Waals surface area contributed by atoms with Crippen molar-refractivity contribution in [2.75, 3.05) is 6.54 Å². The molecule has 0 aromatic carbocycles. The van der Waals surface area contributed by atoms with Crippen LogP contribution in [0, 0.1) is 0 Å². The quantitative estimate of drug-likeness (QED) is 0.725. The van der Waals surface area contributed by atoms with Gasteiger partial charge in [-0.15, -0.1) is 0 Å². The summed E-state index contributed by atoms with van der Waals surface area (Å²) in [7, 11) is 0. The Labute approximate surface area is 65.5 Å². The molecule has 1 heterocycles. The van der Waals surface area contributed by atoms with Gasteiger partial charge in [-0.2, -0.15) is 13.2 Å². The highest BCUT2D eigenvalue weighted by molar-refractivity contribution is 5.11. The minimum Gasteiger partial charge on any atom is -0.330 e. The number of hydrogen-bond donors (Lipinski definition) is 1. The van der Waals surface area contributed by atoms with E-state index in [1.165, 1.54) is 0 Å². The lowest BCUT2D eigenvalue weighted by molar-refractivity contribution is -0.143. The Balaban J connectivity index is 2.91. The van der Waals surface area contributed by atoms with Gasteiger partial charge < -0.3 is 5.73 Å². The van der Waals surface area contributed by atoms with Crippen LogP contribution >= 0.6 is 0 Å². The zero-order chi connectivity index (χ0) is 9.19. The fraction of sp³-hybridized carbons (Fsp3) is 0.600. The number of rotatable bonds is 2. The highest BCUT2D eigenvalue weighted by Gasteiger charge is 2.38. The first kappa shape index (κ1) is 8.98. The zero-order valence-corrected chi connectivity index (χ0v) is 5.93. The molecule has 0 fully saturated rings. The Hall–Kier alpha value is -1.11. The number of nitrogens with two attached hydrogens (primary N) is 1. The number of halogens is 3. The van der Waals surface area contributed by atoms with Crippen LogP contribution < -0.4 is 5.73 Å². The third-order valence-electron chi connectivity index (χ3n) is 1.21. The molecule has 0 radical (unpaired) electrons. The molecule has 7 heteroatoms. The van der Waals surface area contributed by atoms with Crippen molar-refractivity contribution in [3.63, 3.8) is 0 Å². The largest absolute Gasteiger partial charge is 0.438 e. The van der Waals surface area contributed by atoms with Crippen molar-refractivity contribution < 1.29 is 17.8 Å². The lowest BCUT2D eigenvalue weighted by Crippen LogP contribution is -2.12. The molecular formula is C5H6F3N3O. The van der Waals surface area contributed by atoms with Crippen LogP contribution in [0.4, 0.5) is 13.2 Å². The molecule has 12 heavy (non-hydrogen) atoms. The third-order valence-corrected chi connectivity index (χ3v) is 1.21. The van der Waals surface area contributed by atoms with Gasteiger partial charge in [-0.1, -0.05) is 5.16 Å². The van der Waals surface area contributed by atoms with Gasteiger partial charge in [0.2, 0.25) is 5.69 Å². The second-order valence-corrected chi connectivity index (χ2v) is 2.10. The molecule has 0 atom stereocenters. The lowest BCUT2D eigenvalue weighted by atomic mass is 10.2. The summed E-state index contributed by atoms with van der Waals surface area (Å²) in [5.74, 6) is 0. The van der Waals surface area contributed by atoms with Crippen molar-refractivity contribution in [3.05, 3.63) is 11.4 Å². The van der Waals surface area contributed by atoms with E-state index in [0.717, 1.165) is 0 Å². The van der Waals surface area contributed by atoms with E-state index in [4.69, 9.17) is 5.73 Å². The monoisotopic (exact) mass is 181 g/mol. The van der Waals surface area contributed by atoms with Gasteiger partial charge in [0.1, 0.15) is 5.69 Å². The summed E-state index contributed by atoms with van der Waals surface area (Å²) in [5.41, 5.74) is 3.72. The fourth-order valence-corrected chi connectivity index (χ4v) is 0.723. The second kappa shape index (κ2) is 3.10. The number of hydrogen-bond acceptors (Lipinski definition) is 4. The molecule has 0 aliphatic heterocycles. The van der Waals surface area contributed by atoms with Crippen LogP contribution in [0.3, 0.4) is 0 Å². The van der Waals surface area contributed by atoms with E-state index in [1.807, 2.05) is 0 Å². The molecule has 4 nitrogen and oxygen atoms in total. The second-order valence-electron chi connectivity index (χ2n) is 2.10. The predicted molar refractivity (Wildman–Crippen MR) is 32.1 cm³/mol. The van der Waals surface area contributed by atoms with E-state index in [0.29, 0.717) is 0 Å². The van der Waals surface area contributed by atoms with E-state index in [9.17, 15) is 13.2 Å². The Bertz CT molecular complexity index is 257. The molecule has 1 aromatic heterocycles. The van der Waals surface area contributed by atoms with Crippen LogP contribution in [0.2, 0.25) is 0 Å². The minimum absolute atomic E-state index is 0.0122. The molecule has 0 aliphatic carbocycles. The fourth-order valence-electron chi connectivity index (χ4n) is 0.723. The maximum Gasteiger partial charge on any atom is 0.438 e. The molecule has 1 rings (SSSR count). The maximum atomic E-state index is 12.0. The average molecular weight is 181 g/mol. The molecule has 0 amide bonds. The Morgan fingerprint density at radius 1 is 1.33 bits per heavy atom. The van der Waals surface area contributed by atoms with E-state index in [2.05, 4.69) is 14.9 Å². The summed E-state index contributed by atoms with van der Waals surface area (Å²) in [6, 6.07) is 0. The van der Waals surface area contributed by atoms with Crippen LogP contribution in [0.5, 0.6) is 0 Å². The third kappa shape index (κ3) is 1.73. The molecule has 68 valence electrons. The molecule has 0 saturated heterocycles. The van der Waals surface area contributed by atoms with Crippen LogP contribution in [0.15, 0.2) is 4.63 Å². The summed E-state index contributed by atoms with van der Waals surface area (Å²) < 4.78 is 40.0. The van der Waals surface area contributed by atoms with Gasteiger partial charge >= 0.3 is 6.18 Å². The summed E-state index contributed by atoms with van der Waals surface area (Å²) in [6.45, 7) is 0.0806. The first-order chi connectivity index (χ1) is 5.55. The number of nitrogens with zero attached hydrogens (tertiary/aromatic N) is 2. The Kier molecular flexibility index (Phi) is 2.32. The van der Waals surface area contributed by atoms with Crippen molar-refractivity contribution in [2.45, 2.75) is 12.6 Å². The van der Waals surface area contributed by atoms with Crippen molar-refractivity contribution in [1.29, 1.82) is 0 Å². The minimum atomic E-state index is -4.51. The highest BCUT2D eigenvalue weighted by Crippen LogP contribution is 2.29. The van der Waals surface area contributed by atoms with Crippen LogP contribution in [-0.2, 0) is 12.6 Å². The Morgan fingerprint density at radius 2 is 2.00 bits per heavy atom. The van der Waals surface area contributed by atoms with Crippen LogP contribution in [0.25, 0.3) is 0 Å². The summed E-state index contributed by atoms with van der Waals surface area (Å²) >= 11 is 0. The van der Waals surface area contributed by atoms with Gasteiger partial charge in [0.05, 0.1) is 0 Å². The molecule has 0 aliphatic rings. The van der Waals surface area contributed by atoms with Crippen molar-refractivity contribution in [2.24, 2.45) is 5.73 Å². The summed E-state index contributed by atoms with van der Waals surface area (Å²) in [6.07, 6.45) is -4.50. The van der Waals surface area contributed by atoms with Crippen molar-refractivity contribution in [3.8, 4) is 0 Å². The average Bonchev–Trinajstić information content (AvgIpc) is 2.34. The smallest absolute Gasteiger partial charge is 0.330 e. The maximum absolute atomic E-state index is 12.0. The van der Waals surface area contributed by atoms with Gasteiger partial charge in [-0.05, 0) is 11.7 Å². The number of alkyl halides is 3. The van der Waals surface area contributed by atoms with Gasteiger partial charge in [0.15, 0.2) is 0 Å². The molecule has 2 N–H and O–H groups in total. The summed E-state index contributed by atoms with van der Waals surface area (Å²) in [5, 5.41) is 5.83. The topological polar surface area (TPSA) is 64.9 Å². The SMILES string of the molecule is NCCc1nonc1C(F)(F)F. The van der Waals surface area contributed by atoms with Gasteiger partial charge in [-0.25, -0.2) is 4.63 Å². The first-order valence-corrected chi connectivity index (χ1v) is 3.14. The van der Waals surface area contributed by atoms with E-state index >= 15 is 0 Å². The lowest BCUT2D eigenvalue weighted by Gasteiger charge is -2.01. The standard InChI is InChI=1S/C5H6F3N3O/c6-5(7,8)4-3(1-2-9)10-12-11-4/h1-2,9H2. The van der Waals surface area contributed by atoms with Gasteiger partial charge in [0.25, 0.3) is 0 Å². The van der Waals surface area contributed by atoms with Crippen molar-refractivity contribution >= 4 is 0 Å². The van der Waals surface area contributed by atoms with Crippen LogP contribution in [-0.4, -0.2) is 16.9 Å². The van der Waals surface area contributed by atoms with E-state index < -0.39 is 11.9 Å². The van der Waals surface area contributed by atoms with E-state index in [1.54, 1.807) is 0 Å². The summed E-state index contributed by atoms with van der Waals surface area (Å²) in [4.78, 5) is 0. The molecule has 0 saturated carbocycles. The van der Waals surface area contributed by atoms with Gasteiger partial charge in [0, 0.05) is 6.42 Å². The molecule has 0 spiro atoms.